The van der Waals surface area contributed by atoms with Gasteiger partial charge in [-0.1, -0.05) is 5.92 Å². The van der Waals surface area contributed by atoms with Crippen LogP contribution in [-0.4, -0.2) is 0 Å². The number of terminal acetylenes is 1. The van der Waals surface area contributed by atoms with Gasteiger partial charge in [-0.05, 0) is 18.2 Å². The predicted molar refractivity (Wildman–Crippen MR) is 61.8 cm³/mol. The molecule has 0 amide bonds. The average molecular weight is 236 g/mol. The Morgan fingerprint density at radius 1 is 1.17 bits per heavy atom. The van der Waals surface area contributed by atoms with E-state index in [0.717, 1.165) is 6.07 Å². The molecule has 0 fully saturated rings. The summed E-state index contributed by atoms with van der Waals surface area (Å²) in [5.74, 6) is 1.59. The molecule has 0 aliphatic carbocycles. The van der Waals surface area contributed by atoms with E-state index in [0.29, 0.717) is 5.56 Å². The van der Waals surface area contributed by atoms with Crippen LogP contribution in [0.4, 0.5) is 10.1 Å². The Morgan fingerprint density at radius 2 is 1.83 bits per heavy atom. The van der Waals surface area contributed by atoms with Crippen LogP contribution in [0.5, 0.6) is 0 Å². The van der Waals surface area contributed by atoms with Crippen molar-refractivity contribution < 1.29 is 4.39 Å². The first-order valence-corrected chi connectivity index (χ1v) is 4.64. The van der Waals surface area contributed by atoms with E-state index in [2.05, 4.69) is 11.2 Å². The molecule has 18 heavy (non-hydrogen) atoms. The van der Waals surface area contributed by atoms with Gasteiger partial charge in [-0.3, -0.25) is 0 Å². The second-order valence-electron chi connectivity index (χ2n) is 3.05. The van der Waals surface area contributed by atoms with Crippen LogP contribution in [0.25, 0.3) is 0 Å². The minimum Gasteiger partial charge on any atom is -0.343 e. The third-order valence-electron chi connectivity index (χ3n) is 1.98. The first-order valence-electron chi connectivity index (χ1n) is 4.64. The molecule has 0 heterocycles. The lowest BCUT2D eigenvalue weighted by atomic mass is 10.2. The predicted octanol–water partition coefficient (Wildman–Crippen LogP) is 2.04. The summed E-state index contributed by atoms with van der Waals surface area (Å²) >= 11 is 0. The molecule has 0 aliphatic heterocycles. The van der Waals surface area contributed by atoms with E-state index >= 15 is 0 Å². The lowest BCUT2D eigenvalue weighted by Crippen LogP contribution is -2.02. The fourth-order valence-corrected chi connectivity index (χ4v) is 1.12. The number of nitrogens with one attached hydrogen (secondary N) is 1. The first kappa shape index (κ1) is 12.8. The molecule has 4 nitrogen and oxygen atoms in total. The highest BCUT2D eigenvalue weighted by atomic mass is 19.1. The minimum atomic E-state index is -0.673. The number of nitriles is 3. The summed E-state index contributed by atoms with van der Waals surface area (Å²) < 4.78 is 13.5. The highest BCUT2D eigenvalue weighted by Gasteiger charge is 2.09. The highest BCUT2D eigenvalue weighted by Crippen LogP contribution is 2.18. The summed E-state index contributed by atoms with van der Waals surface area (Å²) in [4.78, 5) is 0. The molecule has 0 atom stereocenters. The van der Waals surface area contributed by atoms with Crippen molar-refractivity contribution in [3.05, 3.63) is 40.8 Å². The average Bonchev–Trinajstić information content (AvgIpc) is 2.40. The molecule has 5 heteroatoms. The normalized spacial score (nSPS) is 8.06. The fourth-order valence-electron chi connectivity index (χ4n) is 1.12. The lowest BCUT2D eigenvalue weighted by Gasteiger charge is -2.06. The van der Waals surface area contributed by atoms with Gasteiger partial charge in [0.2, 0.25) is 0 Å². The zero-order valence-corrected chi connectivity index (χ0v) is 9.03. The van der Waals surface area contributed by atoms with Crippen molar-refractivity contribution in [2.75, 3.05) is 5.32 Å². The largest absolute Gasteiger partial charge is 0.343 e. The van der Waals surface area contributed by atoms with Crippen LogP contribution in [0.3, 0.4) is 0 Å². The van der Waals surface area contributed by atoms with Gasteiger partial charge in [0.25, 0.3) is 0 Å². The van der Waals surface area contributed by atoms with Crippen LogP contribution >= 0.6 is 0 Å². The number of anilines is 1. The van der Waals surface area contributed by atoms with Crippen molar-refractivity contribution >= 4 is 5.69 Å². The number of nitrogens with zero attached hydrogens (tertiary/aromatic N) is 3. The topological polar surface area (TPSA) is 83.4 Å². The molecule has 1 aromatic carbocycles. The summed E-state index contributed by atoms with van der Waals surface area (Å²) in [6.45, 7) is 0. The Kier molecular flexibility index (Phi) is 4.06. The SMILES string of the molecule is C#Cc1ccc(NC(C#N)=C(C#N)C#N)c(F)c1. The number of hydrogen-bond acceptors (Lipinski definition) is 4. The molecular weight excluding hydrogens is 231 g/mol. The van der Waals surface area contributed by atoms with E-state index in [1.807, 2.05) is 0 Å². The molecule has 84 valence electrons. The lowest BCUT2D eigenvalue weighted by molar-refractivity contribution is 0.631. The number of rotatable bonds is 2. The van der Waals surface area contributed by atoms with Gasteiger partial charge in [-0.15, -0.1) is 6.42 Å². The van der Waals surface area contributed by atoms with Gasteiger partial charge >= 0.3 is 0 Å². The van der Waals surface area contributed by atoms with Gasteiger partial charge in [0.05, 0.1) is 5.69 Å². The van der Waals surface area contributed by atoms with Gasteiger partial charge in [0.15, 0.2) is 5.57 Å². The third-order valence-corrected chi connectivity index (χ3v) is 1.98. The van der Waals surface area contributed by atoms with Crippen molar-refractivity contribution in [1.29, 1.82) is 15.8 Å². The van der Waals surface area contributed by atoms with Crippen molar-refractivity contribution in [3.63, 3.8) is 0 Å². The van der Waals surface area contributed by atoms with E-state index in [9.17, 15) is 4.39 Å². The second kappa shape index (κ2) is 5.71. The van der Waals surface area contributed by atoms with E-state index in [4.69, 9.17) is 22.2 Å². The zero-order valence-electron chi connectivity index (χ0n) is 9.03. The summed E-state index contributed by atoms with van der Waals surface area (Å²) in [6, 6.07) is 8.62. The van der Waals surface area contributed by atoms with Crippen molar-refractivity contribution in [2.24, 2.45) is 0 Å². The molecule has 1 N–H and O–H groups in total. The molecule has 0 bridgehead atoms. The fraction of sp³-hybridized carbons (Fsp3) is 0. The minimum absolute atomic E-state index is 0.0337. The maximum absolute atomic E-state index is 13.5. The van der Waals surface area contributed by atoms with E-state index < -0.39 is 11.4 Å². The number of allylic oxidation sites excluding steroid dienone is 2. The zero-order chi connectivity index (χ0) is 13.5. The van der Waals surface area contributed by atoms with Crippen molar-refractivity contribution in [3.8, 4) is 30.6 Å². The van der Waals surface area contributed by atoms with Gasteiger partial charge in [-0.2, -0.15) is 15.8 Å². The summed E-state index contributed by atoms with van der Waals surface area (Å²) in [6.07, 6.45) is 5.10. The Hall–Kier alpha value is -3.28. The van der Waals surface area contributed by atoms with Gasteiger partial charge < -0.3 is 5.32 Å². The molecule has 1 aromatic rings. The van der Waals surface area contributed by atoms with Crippen LogP contribution in [0, 0.1) is 52.2 Å². The molecule has 0 radical (unpaired) electrons. The van der Waals surface area contributed by atoms with E-state index in [1.165, 1.54) is 12.1 Å². The third kappa shape index (κ3) is 2.64. The maximum Gasteiger partial charge on any atom is 0.163 e. The molecule has 0 unspecified atom stereocenters. The van der Waals surface area contributed by atoms with Crippen molar-refractivity contribution in [2.45, 2.75) is 0 Å². The Bertz CT molecular complexity index is 659. The second-order valence-corrected chi connectivity index (χ2v) is 3.05. The maximum atomic E-state index is 13.5. The summed E-state index contributed by atoms with van der Waals surface area (Å²) in [5, 5.41) is 28.4. The Labute approximate surface area is 103 Å². The first-order chi connectivity index (χ1) is 8.65. The number of hydrogen-bond donors (Lipinski definition) is 1. The highest BCUT2D eigenvalue weighted by molar-refractivity contribution is 5.59. The molecule has 0 spiro atoms. The quantitative estimate of drug-likeness (QED) is 0.629. The van der Waals surface area contributed by atoms with Crippen LogP contribution in [0.15, 0.2) is 29.5 Å². The number of halogens is 1. The van der Waals surface area contributed by atoms with Crippen LogP contribution in [0.2, 0.25) is 0 Å². The molecule has 0 saturated heterocycles. The van der Waals surface area contributed by atoms with Gasteiger partial charge in [-0.25, -0.2) is 4.39 Å². The summed E-state index contributed by atoms with van der Waals surface area (Å²) in [5.41, 5.74) is -0.417. The Balaban J connectivity index is 3.19. The van der Waals surface area contributed by atoms with Crippen molar-refractivity contribution in [1.82, 2.24) is 0 Å². The smallest absolute Gasteiger partial charge is 0.163 e. The molecular formula is C13H5FN4. The molecule has 1 rings (SSSR count). The molecule has 0 saturated carbocycles. The van der Waals surface area contributed by atoms with E-state index in [-0.39, 0.29) is 11.4 Å². The Morgan fingerprint density at radius 3 is 2.28 bits per heavy atom. The van der Waals surface area contributed by atoms with Gasteiger partial charge in [0.1, 0.15) is 29.7 Å². The molecule has 0 aliphatic rings. The van der Waals surface area contributed by atoms with Crippen LogP contribution in [0.1, 0.15) is 5.56 Å². The van der Waals surface area contributed by atoms with Crippen LogP contribution in [-0.2, 0) is 0 Å². The standard InChI is InChI=1S/C13H5FN4/c1-2-9-3-4-12(11(14)5-9)18-13(8-17)10(6-15)7-16/h1,3-5,18H. The van der Waals surface area contributed by atoms with Crippen LogP contribution < -0.4 is 5.32 Å². The van der Waals surface area contributed by atoms with E-state index in [1.54, 1.807) is 18.2 Å². The number of benzene rings is 1. The summed E-state index contributed by atoms with van der Waals surface area (Å²) in [7, 11) is 0. The van der Waals surface area contributed by atoms with Gasteiger partial charge in [0, 0.05) is 5.56 Å². The monoisotopic (exact) mass is 236 g/mol. The molecule has 0 aromatic heterocycles.